The number of β-amino-alcohol motifs (C(OH)–C–C–N with tert-alkyl or cyclic N) is 1. The Hall–Kier alpha value is -4.93. The average Bonchev–Trinajstić information content (AvgIpc) is 3.15. The van der Waals surface area contributed by atoms with E-state index in [1.807, 2.05) is 6.92 Å². The Morgan fingerprint density at radius 1 is 0.950 bits per heavy atom. The second-order valence-electron chi connectivity index (χ2n) is 14.8. The number of primary amides is 2. The van der Waals surface area contributed by atoms with E-state index in [-0.39, 0.29) is 12.3 Å². The molecule has 0 aromatic carbocycles. The van der Waals surface area contributed by atoms with Crippen LogP contribution in [0.5, 0.6) is 0 Å². The van der Waals surface area contributed by atoms with E-state index in [2.05, 4.69) is 25.8 Å². The highest BCUT2D eigenvalue weighted by Crippen LogP contribution is 2.36. The Balaban J connectivity index is 3.92. The molecule has 0 radical (unpaired) electrons. The third-order valence-corrected chi connectivity index (χ3v) is 10.3. The van der Waals surface area contributed by atoms with E-state index in [1.165, 1.54) is 12.2 Å². The molecule has 0 saturated carbocycles. The summed E-state index contributed by atoms with van der Waals surface area (Å²) >= 11 is 0. The van der Waals surface area contributed by atoms with E-state index in [4.69, 9.17) is 20.9 Å². The van der Waals surface area contributed by atoms with Crippen LogP contribution in [0.1, 0.15) is 61.3 Å². The van der Waals surface area contributed by atoms with Gasteiger partial charge in [0.25, 0.3) is 5.91 Å². The minimum atomic E-state index is -5.33. The molecule has 0 fully saturated rings. The Bertz CT molecular complexity index is 1650. The molecule has 12 N–H and O–H groups in total. The first kappa shape index (κ1) is 53.1. The van der Waals surface area contributed by atoms with Crippen molar-refractivity contribution in [2.45, 2.75) is 110 Å². The second kappa shape index (κ2) is 24.4. The van der Waals surface area contributed by atoms with E-state index < -0.39 is 135 Å². The lowest BCUT2D eigenvalue weighted by Gasteiger charge is -2.36. The normalized spacial score (nSPS) is 29.1. The first-order valence-corrected chi connectivity index (χ1v) is 20.6. The molecule has 340 valence electrons. The summed E-state index contributed by atoms with van der Waals surface area (Å²) in [5.74, 6) is -11.3. The predicted octanol–water partition coefficient (Wildman–Crippen LogP) is -2.41. The molecule has 23 nitrogen and oxygen atoms in total. The number of ether oxygens (including phenoxy) is 2. The number of allylic oxidation sites excluding steroid dienone is 2. The fraction of sp³-hybridized carbons (Fsp3) is 0.667. The number of phosphoric acid groups is 1. The molecule has 0 aliphatic carbocycles. The molecule has 1 heterocycles. The lowest BCUT2D eigenvalue weighted by Crippen LogP contribution is -2.63. The van der Waals surface area contributed by atoms with Crippen LogP contribution >= 0.6 is 7.82 Å². The fourth-order valence-corrected chi connectivity index (χ4v) is 6.33. The maximum Gasteiger partial charge on any atom is 0.469 e. The topological polar surface area (TPSA) is 366 Å². The van der Waals surface area contributed by atoms with E-state index in [0.29, 0.717) is 6.42 Å². The third kappa shape index (κ3) is 17.0. The van der Waals surface area contributed by atoms with Gasteiger partial charge in [-0.25, -0.2) is 14.2 Å². The summed E-state index contributed by atoms with van der Waals surface area (Å²) in [5.41, 5.74) is 10.6. The highest BCUT2D eigenvalue weighted by molar-refractivity contribution is 7.46. The fourth-order valence-electron chi connectivity index (χ4n) is 5.99. The first-order valence-electron chi connectivity index (χ1n) is 19.0. The van der Waals surface area contributed by atoms with E-state index in [1.54, 1.807) is 33.8 Å². The molecule has 1 aliphatic rings. The standard InChI is InChI=1S/C36H60N7O16P/c1-9-18(4)29-19(5)23(44)13-11-10-12-14-25(46)39-15-24(45)31(48)42-27(21(7)58-36(38)53)33(50)41-26(20(6)30(37)47)32(49)40-22(16-57-60(54,55)56)34(51)43(8)28(17(2)3)35(52)59-29/h10-12,14,17-24,26-29,44-45H,9,13,15-16H2,1-8H3,(H2,37,47)(H2,38,53)(H,39,46)(H,40,49)(H,41,50)(H,42,48)(H2,54,55,56)/b11-10+,14-12+/t18-,19-,20+,21+,22+,23+,24-,26+,27-,28+,29+/m1/s1. The van der Waals surface area contributed by atoms with Gasteiger partial charge in [0.15, 0.2) is 0 Å². The number of likely N-dealkylation sites (N-methyl/N-ethyl adjacent to an activating group) is 1. The maximum absolute atomic E-state index is 14.1. The Morgan fingerprint density at radius 3 is 2.07 bits per heavy atom. The molecule has 0 unspecified atom stereocenters. The van der Waals surface area contributed by atoms with Gasteiger partial charge in [-0.3, -0.25) is 33.3 Å². The molecule has 1 aliphatic heterocycles. The van der Waals surface area contributed by atoms with Gasteiger partial charge in [0.2, 0.25) is 29.5 Å². The van der Waals surface area contributed by atoms with Crippen molar-refractivity contribution in [2.24, 2.45) is 35.1 Å². The zero-order chi connectivity index (χ0) is 46.2. The van der Waals surface area contributed by atoms with E-state index in [9.17, 15) is 62.9 Å². The molecule has 1 rings (SSSR count). The van der Waals surface area contributed by atoms with Crippen molar-refractivity contribution in [1.82, 2.24) is 26.2 Å². The molecule has 0 aromatic heterocycles. The molecule has 0 spiro atoms. The number of carbonyl (C=O) groups is 8. The van der Waals surface area contributed by atoms with Crippen molar-refractivity contribution < 1.29 is 76.9 Å². The molecule has 7 amide bonds. The average molecular weight is 878 g/mol. The summed E-state index contributed by atoms with van der Waals surface area (Å²) in [6, 6.07) is -7.40. The van der Waals surface area contributed by atoms with Crippen LogP contribution in [0.15, 0.2) is 24.3 Å². The van der Waals surface area contributed by atoms with Gasteiger partial charge in [-0.1, -0.05) is 66.2 Å². The van der Waals surface area contributed by atoms with Gasteiger partial charge >= 0.3 is 19.9 Å². The van der Waals surface area contributed by atoms with Crippen LogP contribution in [-0.4, -0.2) is 141 Å². The smallest absolute Gasteiger partial charge is 0.460 e. The van der Waals surface area contributed by atoms with Gasteiger partial charge in [0, 0.05) is 19.0 Å². The monoisotopic (exact) mass is 877 g/mol. The minimum Gasteiger partial charge on any atom is -0.460 e. The van der Waals surface area contributed by atoms with Crippen molar-refractivity contribution in [3.05, 3.63) is 24.3 Å². The van der Waals surface area contributed by atoms with Crippen LogP contribution in [0.4, 0.5) is 4.79 Å². The number of aliphatic hydroxyl groups is 2. The zero-order valence-corrected chi connectivity index (χ0v) is 35.7. The number of nitrogens with two attached hydrogens (primary N) is 2. The van der Waals surface area contributed by atoms with Crippen LogP contribution in [-0.2, 0) is 52.1 Å². The number of nitrogens with one attached hydrogen (secondary N) is 4. The molecule has 24 heteroatoms. The Labute approximate surface area is 347 Å². The molecule has 0 saturated heterocycles. The van der Waals surface area contributed by atoms with Gasteiger partial charge in [-0.05, 0) is 25.2 Å². The lowest BCUT2D eigenvalue weighted by atomic mass is 9.86. The number of esters is 1. The second-order valence-corrected chi connectivity index (χ2v) is 16.0. The highest BCUT2D eigenvalue weighted by Gasteiger charge is 2.42. The summed E-state index contributed by atoms with van der Waals surface area (Å²) in [6.45, 7) is 8.71. The molecule has 0 bridgehead atoms. The number of hydrogen-bond acceptors (Lipinski definition) is 14. The number of amides is 7. The third-order valence-electron chi connectivity index (χ3n) is 9.77. The van der Waals surface area contributed by atoms with Crippen molar-refractivity contribution in [2.75, 3.05) is 20.2 Å². The highest BCUT2D eigenvalue weighted by atomic mass is 31.2. The molecule has 0 aromatic rings. The van der Waals surface area contributed by atoms with Crippen molar-refractivity contribution >= 4 is 55.3 Å². The number of aliphatic hydroxyl groups excluding tert-OH is 2. The summed E-state index contributed by atoms with van der Waals surface area (Å²) < 4.78 is 27.1. The molecule has 11 atom stereocenters. The van der Waals surface area contributed by atoms with Crippen LogP contribution in [0.2, 0.25) is 0 Å². The first-order chi connectivity index (χ1) is 27.7. The Morgan fingerprint density at radius 2 is 1.53 bits per heavy atom. The maximum atomic E-state index is 14.1. The van der Waals surface area contributed by atoms with Crippen molar-refractivity contribution in [3.63, 3.8) is 0 Å². The largest absolute Gasteiger partial charge is 0.469 e. The number of nitrogens with zero attached hydrogens (tertiary/aromatic N) is 1. The Kier molecular flexibility index (Phi) is 21.6. The summed E-state index contributed by atoms with van der Waals surface area (Å²) in [4.78, 5) is 125. The van der Waals surface area contributed by atoms with Gasteiger partial charge in [-0.15, -0.1) is 0 Å². The quantitative estimate of drug-likeness (QED) is 0.0807. The lowest BCUT2D eigenvalue weighted by molar-refractivity contribution is -0.168. The summed E-state index contributed by atoms with van der Waals surface area (Å²) in [5, 5.41) is 30.3. The SMILES string of the molecule is CC[C@@H](C)[C@@H]1OC(=O)[C@H](C(C)C)N(C)C(=O)[C@H](COP(=O)(O)O)NC(=O)[C@H]([C@H](C)C(N)=O)NC(=O)[C@@H]([C@H](C)OC(N)=O)NC(=O)[C@H](O)CNC(=O)/C=C/C=C/C[C@H](O)[C@H]1C. The van der Waals surface area contributed by atoms with Crippen LogP contribution in [0, 0.1) is 23.7 Å². The minimum absolute atomic E-state index is 0.0471. The molecular formula is C36H60N7O16P. The number of phosphoric ester groups is 1. The van der Waals surface area contributed by atoms with E-state index >= 15 is 0 Å². The molecule has 60 heavy (non-hydrogen) atoms. The summed E-state index contributed by atoms with van der Waals surface area (Å²) in [7, 11) is -4.17. The van der Waals surface area contributed by atoms with E-state index in [0.717, 1.165) is 31.9 Å². The van der Waals surface area contributed by atoms with Gasteiger partial charge < -0.3 is 67.1 Å². The van der Waals surface area contributed by atoms with Crippen LogP contribution in [0.25, 0.3) is 0 Å². The summed E-state index contributed by atoms with van der Waals surface area (Å²) in [6.07, 6.45) is -1.08. The van der Waals surface area contributed by atoms with Crippen LogP contribution in [0.3, 0.4) is 0 Å². The zero-order valence-electron chi connectivity index (χ0n) is 34.8. The van der Waals surface area contributed by atoms with Crippen molar-refractivity contribution in [1.29, 1.82) is 0 Å². The number of rotatable bonds is 10. The van der Waals surface area contributed by atoms with Gasteiger partial charge in [0.1, 0.15) is 42.5 Å². The van der Waals surface area contributed by atoms with Crippen molar-refractivity contribution in [3.8, 4) is 0 Å². The predicted molar refractivity (Wildman–Crippen MR) is 210 cm³/mol. The van der Waals surface area contributed by atoms with Gasteiger partial charge in [-0.2, -0.15) is 0 Å². The molecular weight excluding hydrogens is 817 g/mol. The number of carbonyl (C=O) groups excluding carboxylic acids is 8. The number of hydrogen-bond donors (Lipinski definition) is 10. The van der Waals surface area contributed by atoms with Gasteiger partial charge in [0.05, 0.1) is 25.2 Å². The van der Waals surface area contributed by atoms with Crippen LogP contribution < -0.4 is 32.7 Å². The number of cyclic esters (lactones) is 1.